The predicted molar refractivity (Wildman–Crippen MR) is 154 cm³/mol. The molecule has 11 heteroatoms. The molecule has 4 aromatic rings. The van der Waals surface area contributed by atoms with Gasteiger partial charge in [-0.2, -0.15) is 0 Å². The molecule has 2 N–H and O–H groups in total. The molecule has 0 spiro atoms. The molecule has 0 amide bonds. The summed E-state index contributed by atoms with van der Waals surface area (Å²) < 4.78 is 32.0. The number of pyridine rings is 3. The first-order chi connectivity index (χ1) is 19.6. The van der Waals surface area contributed by atoms with Crippen molar-refractivity contribution in [2.75, 3.05) is 51.0 Å². The van der Waals surface area contributed by atoms with Gasteiger partial charge in [-0.3, -0.25) is 9.78 Å². The van der Waals surface area contributed by atoms with Crippen molar-refractivity contribution in [2.24, 2.45) is 13.0 Å². The molecule has 0 saturated carbocycles. The van der Waals surface area contributed by atoms with Crippen molar-refractivity contribution in [2.45, 2.75) is 12.8 Å². The zero-order chi connectivity index (χ0) is 29.2. The van der Waals surface area contributed by atoms with Crippen molar-refractivity contribution in [3.05, 3.63) is 69.4 Å². The van der Waals surface area contributed by atoms with Gasteiger partial charge in [-0.05, 0) is 38.1 Å². The number of fused-ring (bicyclic) bond motifs is 4. The molecule has 6 rings (SSSR count). The summed E-state index contributed by atoms with van der Waals surface area (Å²) in [5.74, 6) is -2.82. The molecule has 212 valence electrons. The Labute approximate surface area is 235 Å². The van der Waals surface area contributed by atoms with E-state index in [9.17, 15) is 19.1 Å². The number of aromatic carboxylic acids is 1. The molecule has 0 unspecified atom stereocenters. The van der Waals surface area contributed by atoms with Crippen LogP contribution in [0.1, 0.15) is 28.0 Å². The van der Waals surface area contributed by atoms with E-state index in [-0.39, 0.29) is 16.5 Å². The smallest absolute Gasteiger partial charge is 0.341 e. The molecule has 1 saturated heterocycles. The van der Waals surface area contributed by atoms with E-state index in [0.29, 0.717) is 70.4 Å². The van der Waals surface area contributed by atoms with Crippen molar-refractivity contribution in [1.29, 1.82) is 0 Å². The van der Waals surface area contributed by atoms with Crippen LogP contribution < -0.4 is 15.6 Å². The van der Waals surface area contributed by atoms with E-state index < -0.39 is 23.0 Å². The maximum Gasteiger partial charge on any atom is 0.341 e. The number of anilines is 2. The van der Waals surface area contributed by atoms with E-state index in [0.717, 1.165) is 13.0 Å². The van der Waals surface area contributed by atoms with Crippen LogP contribution >= 0.6 is 0 Å². The van der Waals surface area contributed by atoms with Gasteiger partial charge in [-0.15, -0.1) is 0 Å². The van der Waals surface area contributed by atoms with E-state index in [1.54, 1.807) is 32.6 Å². The van der Waals surface area contributed by atoms with Gasteiger partial charge in [0.2, 0.25) is 5.43 Å². The minimum atomic E-state index is -1.32. The van der Waals surface area contributed by atoms with Crippen LogP contribution in [0.4, 0.5) is 20.2 Å². The Morgan fingerprint density at radius 3 is 2.68 bits per heavy atom. The van der Waals surface area contributed by atoms with E-state index in [1.807, 2.05) is 14.1 Å². The summed E-state index contributed by atoms with van der Waals surface area (Å²) in [5, 5.41) is 12.7. The molecule has 0 bridgehead atoms. The monoisotopic (exact) mass is 560 g/mol. The van der Waals surface area contributed by atoms with Gasteiger partial charge < -0.3 is 24.8 Å². The number of carboxylic acids is 1. The van der Waals surface area contributed by atoms with Crippen LogP contribution in [0.25, 0.3) is 33.3 Å². The number of benzene rings is 1. The predicted octanol–water partition coefficient (Wildman–Crippen LogP) is 3.97. The molecule has 1 aromatic carbocycles. The minimum absolute atomic E-state index is 0.151. The fourth-order valence-electron chi connectivity index (χ4n) is 6.34. The second-order valence-corrected chi connectivity index (χ2v) is 11.1. The number of aryl methyl sites for hydroxylation is 1. The van der Waals surface area contributed by atoms with Crippen LogP contribution in [0.2, 0.25) is 0 Å². The highest BCUT2D eigenvalue weighted by Crippen LogP contribution is 2.50. The van der Waals surface area contributed by atoms with Gasteiger partial charge in [-0.1, -0.05) is 0 Å². The third kappa shape index (κ3) is 4.31. The van der Waals surface area contributed by atoms with E-state index in [2.05, 4.69) is 20.1 Å². The molecular formula is C30H30F2N6O3. The van der Waals surface area contributed by atoms with Gasteiger partial charge >= 0.3 is 5.97 Å². The summed E-state index contributed by atoms with van der Waals surface area (Å²) in [6, 6.07) is 2.79. The lowest BCUT2D eigenvalue weighted by atomic mass is 9.97. The van der Waals surface area contributed by atoms with E-state index >= 15 is 4.39 Å². The molecule has 2 aliphatic rings. The summed E-state index contributed by atoms with van der Waals surface area (Å²) in [4.78, 5) is 38.4. The highest BCUT2D eigenvalue weighted by atomic mass is 19.2. The van der Waals surface area contributed by atoms with Crippen LogP contribution in [0.3, 0.4) is 0 Å². The summed E-state index contributed by atoms with van der Waals surface area (Å²) in [6.45, 7) is 2.30. The summed E-state index contributed by atoms with van der Waals surface area (Å²) >= 11 is 0. The number of carbonyl (C=O) groups is 1. The van der Waals surface area contributed by atoms with Gasteiger partial charge in [-0.25, -0.2) is 18.6 Å². The Kier molecular flexibility index (Phi) is 6.49. The Morgan fingerprint density at radius 1 is 1.20 bits per heavy atom. The van der Waals surface area contributed by atoms with E-state index in [4.69, 9.17) is 4.98 Å². The van der Waals surface area contributed by atoms with Gasteiger partial charge in [0.05, 0.1) is 16.8 Å². The number of halogens is 2. The highest BCUT2D eigenvalue weighted by molar-refractivity contribution is 5.98. The number of hydrogen-bond acceptors (Lipinski definition) is 7. The van der Waals surface area contributed by atoms with Crippen molar-refractivity contribution < 1.29 is 18.7 Å². The highest BCUT2D eigenvalue weighted by Gasteiger charge is 2.36. The number of aromatic nitrogens is 3. The molecule has 4 heterocycles. The molecule has 1 fully saturated rings. The summed E-state index contributed by atoms with van der Waals surface area (Å²) in [6.07, 6.45) is 5.83. The summed E-state index contributed by atoms with van der Waals surface area (Å²) in [7, 11) is 7.36. The molecular weight excluding hydrogens is 530 g/mol. The first-order valence-electron chi connectivity index (χ1n) is 13.4. The minimum Gasteiger partial charge on any atom is -0.477 e. The standard InChI is InChI=1S/C30H30F2N6O3/c1-33-22-9-21(31)26(32)24-17(22)8-23-25(24)27(38-6-5-15(13-38)12-36(2)3)19(11-34-23)16-7-18-28(39)20(30(40)41)14-37(4)29(18)35-10-16/h7,9-11,14-15,33H,5-6,8,12-13H2,1-4H3,(H,40,41)/t15-/m1/s1. The molecule has 1 aliphatic heterocycles. The van der Waals surface area contributed by atoms with Crippen LogP contribution in [-0.4, -0.2) is 71.3 Å². The fourth-order valence-corrected chi connectivity index (χ4v) is 6.34. The number of nitrogens with one attached hydrogen (secondary N) is 1. The maximum absolute atomic E-state index is 15.6. The van der Waals surface area contributed by atoms with Crippen LogP contribution in [-0.2, 0) is 13.5 Å². The second kappa shape index (κ2) is 9.91. The second-order valence-electron chi connectivity index (χ2n) is 11.1. The number of rotatable bonds is 6. The van der Waals surface area contributed by atoms with E-state index in [1.165, 1.54) is 16.8 Å². The molecule has 1 aliphatic carbocycles. The summed E-state index contributed by atoms with van der Waals surface area (Å²) in [5.41, 5.74) is 3.76. The quantitative estimate of drug-likeness (QED) is 0.322. The lowest BCUT2D eigenvalue weighted by molar-refractivity contribution is 0.0695. The van der Waals surface area contributed by atoms with Gasteiger partial charge in [0.25, 0.3) is 0 Å². The zero-order valence-corrected chi connectivity index (χ0v) is 23.3. The number of carboxylic acid groups (broad SMARTS) is 1. The van der Waals surface area contributed by atoms with Crippen molar-refractivity contribution in [3.63, 3.8) is 0 Å². The lowest BCUT2D eigenvalue weighted by Gasteiger charge is -2.26. The zero-order valence-electron chi connectivity index (χ0n) is 23.3. The van der Waals surface area contributed by atoms with Crippen molar-refractivity contribution in [1.82, 2.24) is 19.4 Å². The van der Waals surface area contributed by atoms with Crippen LogP contribution in [0.15, 0.2) is 35.5 Å². The van der Waals surface area contributed by atoms with Crippen molar-refractivity contribution in [3.8, 4) is 22.3 Å². The van der Waals surface area contributed by atoms with Crippen LogP contribution in [0, 0.1) is 17.6 Å². The topological polar surface area (TPSA) is 104 Å². The first-order valence-corrected chi connectivity index (χ1v) is 13.4. The van der Waals surface area contributed by atoms with Crippen molar-refractivity contribution >= 4 is 28.4 Å². The molecule has 3 aromatic heterocycles. The average Bonchev–Trinajstić information content (AvgIpc) is 3.56. The Bertz CT molecular complexity index is 1800. The first kappa shape index (κ1) is 26.8. The number of hydrogen-bond donors (Lipinski definition) is 2. The molecule has 9 nitrogen and oxygen atoms in total. The lowest BCUT2D eigenvalue weighted by Crippen LogP contribution is -2.26. The third-order valence-corrected chi connectivity index (χ3v) is 8.10. The Hall–Kier alpha value is -4.38. The molecule has 41 heavy (non-hydrogen) atoms. The molecule has 0 radical (unpaired) electrons. The largest absolute Gasteiger partial charge is 0.477 e. The Morgan fingerprint density at radius 2 is 1.98 bits per heavy atom. The van der Waals surface area contributed by atoms with Gasteiger partial charge in [0.15, 0.2) is 11.6 Å². The normalized spacial score (nSPS) is 16.0. The van der Waals surface area contributed by atoms with Gasteiger partial charge in [0.1, 0.15) is 11.2 Å². The van der Waals surface area contributed by atoms with Crippen LogP contribution in [0.5, 0.6) is 0 Å². The third-order valence-electron chi connectivity index (χ3n) is 8.10. The SMILES string of the molecule is CNc1cc(F)c(F)c2c1Cc1ncc(-c3cnc4c(c3)c(=O)c(C(=O)O)cn4C)c(N3CC[C@H](CN(C)C)C3)c1-2. The van der Waals surface area contributed by atoms with Gasteiger partial charge in [0, 0.05) is 92.7 Å². The maximum atomic E-state index is 15.6. The average molecular weight is 561 g/mol. The fraction of sp³-hybridized carbons (Fsp3) is 0.333. The number of nitrogens with zero attached hydrogens (tertiary/aromatic N) is 5. The molecule has 1 atom stereocenters. The Balaban J connectivity index is 1.62.